The number of amides is 1. The molecular weight excluding hydrogens is 402 g/mol. The van der Waals surface area contributed by atoms with Crippen LogP contribution in [0.5, 0.6) is 0 Å². The minimum absolute atomic E-state index is 0.0673. The predicted molar refractivity (Wildman–Crippen MR) is 127 cm³/mol. The summed E-state index contributed by atoms with van der Waals surface area (Å²) in [4.78, 5) is 35.3. The number of anilines is 1. The lowest BCUT2D eigenvalue weighted by molar-refractivity contribution is -0.391. The number of imidazole rings is 1. The van der Waals surface area contributed by atoms with Crippen molar-refractivity contribution in [1.29, 1.82) is 0 Å². The number of aromatic amines is 2. The number of aromatic nitrogens is 2. The first-order valence-corrected chi connectivity index (χ1v) is 11.8. The van der Waals surface area contributed by atoms with Crippen molar-refractivity contribution in [3.63, 3.8) is 0 Å². The number of H-pyrrole nitrogens is 2. The molecule has 0 aliphatic carbocycles. The van der Waals surface area contributed by atoms with Crippen LogP contribution in [0.3, 0.4) is 0 Å². The number of nitrogens with zero attached hydrogens (tertiary/aromatic N) is 2. The molecule has 0 saturated carbocycles. The number of rotatable bonds is 12. The van der Waals surface area contributed by atoms with E-state index in [2.05, 4.69) is 49.4 Å². The van der Waals surface area contributed by atoms with Gasteiger partial charge in [0.05, 0.1) is 5.92 Å². The van der Waals surface area contributed by atoms with Gasteiger partial charge in [-0.1, -0.05) is 19.8 Å². The monoisotopic (exact) mass is 440 g/mol. The fraction of sp³-hybridized carbons (Fsp3) is 0.560. The predicted octanol–water partition coefficient (Wildman–Crippen LogP) is 3.21. The van der Waals surface area contributed by atoms with E-state index in [9.17, 15) is 9.59 Å². The van der Waals surface area contributed by atoms with Crippen molar-refractivity contribution in [2.24, 2.45) is 5.92 Å². The van der Waals surface area contributed by atoms with Crippen molar-refractivity contribution < 1.29 is 14.6 Å². The van der Waals surface area contributed by atoms with Gasteiger partial charge in [-0.2, -0.15) is 0 Å². The molecule has 0 spiro atoms. The van der Waals surface area contributed by atoms with E-state index < -0.39 is 0 Å². The lowest BCUT2D eigenvalue weighted by Gasteiger charge is -2.35. The van der Waals surface area contributed by atoms with Crippen LogP contribution in [0.4, 0.5) is 5.69 Å². The second-order valence-electron chi connectivity index (χ2n) is 9.15. The highest BCUT2D eigenvalue weighted by atomic mass is 16.2. The van der Waals surface area contributed by atoms with Gasteiger partial charge in [0.15, 0.2) is 5.69 Å². The van der Waals surface area contributed by atoms with Gasteiger partial charge in [0.1, 0.15) is 18.0 Å². The number of hydrogen-bond acceptors (Lipinski definition) is 4. The molecular formula is C25H38N5O2+. The number of carbonyl (C=O) groups is 2. The van der Waals surface area contributed by atoms with Crippen LogP contribution in [0.15, 0.2) is 30.5 Å². The molecule has 174 valence electrons. The lowest BCUT2D eigenvalue weighted by atomic mass is 9.98. The average molecular weight is 441 g/mol. The molecule has 1 aromatic carbocycles. The third-order valence-corrected chi connectivity index (χ3v) is 6.28. The van der Waals surface area contributed by atoms with Crippen LogP contribution < -0.4 is 15.2 Å². The highest BCUT2D eigenvalue weighted by molar-refractivity contribution is 5.80. The number of Topliss-reactive ketones (excluding diaryl/α,β-unsaturated/α-hetero) is 1. The zero-order chi connectivity index (χ0) is 23.1. The minimum atomic E-state index is -0.0925. The first-order valence-electron chi connectivity index (χ1n) is 11.8. The topological polar surface area (TPSA) is 82.6 Å². The number of benzene rings is 1. The van der Waals surface area contributed by atoms with Crippen molar-refractivity contribution in [2.45, 2.75) is 51.5 Å². The largest absolute Gasteiger partial charge is 0.378 e. The molecule has 2 heterocycles. The van der Waals surface area contributed by atoms with Gasteiger partial charge in [0, 0.05) is 51.3 Å². The molecule has 2 aromatic rings. The number of ketones is 1. The molecule has 32 heavy (non-hydrogen) atoms. The molecule has 1 aliphatic heterocycles. The molecule has 7 nitrogen and oxygen atoms in total. The van der Waals surface area contributed by atoms with Crippen LogP contribution in [0.1, 0.15) is 57.3 Å². The van der Waals surface area contributed by atoms with Gasteiger partial charge in [-0.05, 0) is 44.2 Å². The van der Waals surface area contributed by atoms with Gasteiger partial charge in [0.25, 0.3) is 5.82 Å². The van der Waals surface area contributed by atoms with E-state index in [0.29, 0.717) is 18.6 Å². The van der Waals surface area contributed by atoms with Crippen molar-refractivity contribution >= 4 is 17.4 Å². The van der Waals surface area contributed by atoms with Crippen molar-refractivity contribution in [3.05, 3.63) is 36.3 Å². The van der Waals surface area contributed by atoms with Crippen LogP contribution in [0, 0.1) is 5.92 Å². The molecule has 1 atom stereocenters. The standard InChI is InChI=1S/C25H37N5O2/c1-5-21(31)9-7-6-8-10-22(28-25(32)19-16-30(4)17-19)24-26-15-23(27-24)18-11-13-20(14-12-18)29(2)3/h11-15,19,22H,5-10,16-17H2,1-4H3,(H,26,27)(H,28,32)/p+1/t22-/m0/s1. The third kappa shape index (κ3) is 6.42. The van der Waals surface area contributed by atoms with Crippen LogP contribution in [0.2, 0.25) is 0 Å². The van der Waals surface area contributed by atoms with Crippen LogP contribution in [0.25, 0.3) is 11.3 Å². The summed E-state index contributed by atoms with van der Waals surface area (Å²) in [6, 6.07) is 8.30. The maximum Gasteiger partial charge on any atom is 0.275 e. The Bertz CT molecular complexity index is 884. The molecule has 1 amide bonds. The molecule has 0 unspecified atom stereocenters. The minimum Gasteiger partial charge on any atom is -0.378 e. The normalized spacial score (nSPS) is 15.2. The molecule has 1 saturated heterocycles. The number of likely N-dealkylation sites (tertiary alicyclic amines) is 1. The van der Waals surface area contributed by atoms with Crippen LogP contribution >= 0.6 is 0 Å². The number of unbranched alkanes of at least 4 members (excludes halogenated alkanes) is 2. The molecule has 1 fully saturated rings. The zero-order valence-corrected chi connectivity index (χ0v) is 19.9. The molecule has 3 rings (SSSR count). The second kappa shape index (κ2) is 11.3. The third-order valence-electron chi connectivity index (χ3n) is 6.28. The van der Waals surface area contributed by atoms with E-state index in [1.807, 2.05) is 34.3 Å². The summed E-state index contributed by atoms with van der Waals surface area (Å²) in [7, 11) is 6.09. The van der Waals surface area contributed by atoms with E-state index in [1.54, 1.807) is 0 Å². The van der Waals surface area contributed by atoms with E-state index in [-0.39, 0.29) is 17.9 Å². The van der Waals surface area contributed by atoms with Crippen molar-refractivity contribution in [2.75, 3.05) is 39.1 Å². The van der Waals surface area contributed by atoms with E-state index >= 15 is 0 Å². The molecule has 1 aromatic heterocycles. The number of nitrogens with one attached hydrogen (secondary N) is 3. The Balaban J connectivity index is 1.65. The average Bonchev–Trinajstić information content (AvgIpc) is 3.25. The first kappa shape index (κ1) is 24.0. The quantitative estimate of drug-likeness (QED) is 0.497. The Hall–Kier alpha value is -2.67. The fourth-order valence-corrected chi connectivity index (χ4v) is 4.12. The Morgan fingerprint density at radius 2 is 1.91 bits per heavy atom. The maximum absolute atomic E-state index is 12.7. The summed E-state index contributed by atoms with van der Waals surface area (Å²) >= 11 is 0. The highest BCUT2D eigenvalue weighted by Crippen LogP contribution is 2.24. The Morgan fingerprint density at radius 1 is 1.19 bits per heavy atom. The zero-order valence-electron chi connectivity index (χ0n) is 19.9. The summed E-state index contributed by atoms with van der Waals surface area (Å²) in [5.41, 5.74) is 3.25. The van der Waals surface area contributed by atoms with E-state index in [0.717, 1.165) is 61.5 Å². The number of carbonyl (C=O) groups excluding carboxylic acids is 2. The summed E-state index contributed by atoms with van der Waals surface area (Å²) in [6.45, 7) is 3.55. The lowest BCUT2D eigenvalue weighted by Crippen LogP contribution is -2.52. The Labute approximate surface area is 191 Å². The molecule has 0 bridgehead atoms. The SMILES string of the molecule is CCC(=O)CCCCC[C@H](NC(=O)C1CN(C)C1)c1[nH]c(-c2ccc(N(C)C)cc2)c[nH+]1. The first-order chi connectivity index (χ1) is 15.4. The van der Waals surface area contributed by atoms with Gasteiger partial charge >= 0.3 is 0 Å². The highest BCUT2D eigenvalue weighted by Gasteiger charge is 2.33. The van der Waals surface area contributed by atoms with Gasteiger partial charge in [-0.15, -0.1) is 0 Å². The van der Waals surface area contributed by atoms with Gasteiger partial charge in [-0.25, -0.2) is 9.97 Å². The van der Waals surface area contributed by atoms with Gasteiger partial charge in [0.2, 0.25) is 5.91 Å². The molecule has 3 N–H and O–H groups in total. The van der Waals surface area contributed by atoms with Crippen LogP contribution in [-0.2, 0) is 9.59 Å². The van der Waals surface area contributed by atoms with Crippen molar-refractivity contribution in [1.82, 2.24) is 15.2 Å². The Kier molecular flexibility index (Phi) is 8.45. The Morgan fingerprint density at radius 3 is 2.53 bits per heavy atom. The fourth-order valence-electron chi connectivity index (χ4n) is 4.12. The second-order valence-corrected chi connectivity index (χ2v) is 9.15. The molecule has 0 radical (unpaired) electrons. The van der Waals surface area contributed by atoms with E-state index in [1.165, 1.54) is 0 Å². The summed E-state index contributed by atoms with van der Waals surface area (Å²) in [5, 5.41) is 3.25. The van der Waals surface area contributed by atoms with Crippen molar-refractivity contribution in [3.8, 4) is 11.3 Å². The smallest absolute Gasteiger partial charge is 0.275 e. The maximum atomic E-state index is 12.7. The molecule has 1 aliphatic rings. The van der Waals surface area contributed by atoms with Crippen LogP contribution in [-0.4, -0.2) is 55.8 Å². The summed E-state index contributed by atoms with van der Waals surface area (Å²) < 4.78 is 0. The van der Waals surface area contributed by atoms with Gasteiger partial charge in [-0.3, -0.25) is 9.59 Å². The van der Waals surface area contributed by atoms with Gasteiger partial charge < -0.3 is 15.1 Å². The number of hydrogen-bond donors (Lipinski definition) is 2. The summed E-state index contributed by atoms with van der Waals surface area (Å²) in [6.07, 6.45) is 6.95. The summed E-state index contributed by atoms with van der Waals surface area (Å²) in [5.74, 6) is 1.43. The molecule has 7 heteroatoms. The van der Waals surface area contributed by atoms with E-state index in [4.69, 9.17) is 0 Å².